The van der Waals surface area contributed by atoms with Crippen molar-refractivity contribution in [1.29, 1.82) is 0 Å². The lowest BCUT2D eigenvalue weighted by Gasteiger charge is -2.26. The van der Waals surface area contributed by atoms with E-state index in [1.165, 1.54) is 0 Å². The molecule has 1 saturated heterocycles. The van der Waals surface area contributed by atoms with Gasteiger partial charge in [0.2, 0.25) is 0 Å². The van der Waals surface area contributed by atoms with Gasteiger partial charge in [-0.05, 0) is 24.3 Å². The number of thioether (sulfide) groups is 1. The van der Waals surface area contributed by atoms with Crippen molar-refractivity contribution in [2.75, 3.05) is 33.6 Å². The average Bonchev–Trinajstić information content (AvgIpc) is 3.16. The fourth-order valence-electron chi connectivity index (χ4n) is 2.96. The van der Waals surface area contributed by atoms with E-state index < -0.39 is 0 Å². The van der Waals surface area contributed by atoms with Gasteiger partial charge in [-0.1, -0.05) is 18.2 Å². The van der Waals surface area contributed by atoms with E-state index in [0.717, 1.165) is 11.3 Å². The van der Waals surface area contributed by atoms with Crippen LogP contribution in [0.5, 0.6) is 17.2 Å². The summed E-state index contributed by atoms with van der Waals surface area (Å²) in [6, 6.07) is 13.0. The molecule has 132 valence electrons. The highest BCUT2D eigenvalue weighted by Crippen LogP contribution is 2.45. The lowest BCUT2D eigenvalue weighted by atomic mass is 10.1. The van der Waals surface area contributed by atoms with E-state index >= 15 is 0 Å². The molecule has 0 radical (unpaired) electrons. The number of carbonyl (C=O) groups is 1. The van der Waals surface area contributed by atoms with E-state index in [2.05, 4.69) is 0 Å². The highest BCUT2D eigenvalue weighted by Gasteiger charge is 2.34. The zero-order valence-corrected chi connectivity index (χ0v) is 15.3. The lowest BCUT2D eigenvalue weighted by molar-refractivity contribution is 0.0758. The molecular weight excluding hydrogens is 338 g/mol. The molecule has 0 spiro atoms. The number of methoxy groups -OCH3 is 3. The SMILES string of the molecule is COc1cccc(C(=O)N2CCS[C@@H]2c2cccc(OC)c2OC)c1. The number of carbonyl (C=O) groups excluding carboxylic acids is 1. The van der Waals surface area contributed by atoms with Gasteiger partial charge in [0.05, 0.1) is 21.3 Å². The maximum absolute atomic E-state index is 13.0. The van der Waals surface area contributed by atoms with Crippen LogP contribution in [0.15, 0.2) is 42.5 Å². The lowest BCUT2D eigenvalue weighted by Crippen LogP contribution is -2.30. The Kier molecular flexibility index (Phi) is 5.38. The summed E-state index contributed by atoms with van der Waals surface area (Å²) in [6.45, 7) is 0.686. The zero-order valence-electron chi connectivity index (χ0n) is 14.5. The normalized spacial score (nSPS) is 16.6. The largest absolute Gasteiger partial charge is 0.497 e. The van der Waals surface area contributed by atoms with Crippen LogP contribution in [0.25, 0.3) is 0 Å². The summed E-state index contributed by atoms with van der Waals surface area (Å²) in [4.78, 5) is 14.9. The van der Waals surface area contributed by atoms with Crippen LogP contribution < -0.4 is 14.2 Å². The van der Waals surface area contributed by atoms with Crippen LogP contribution >= 0.6 is 11.8 Å². The molecule has 2 aromatic carbocycles. The van der Waals surface area contributed by atoms with Gasteiger partial charge >= 0.3 is 0 Å². The minimum atomic E-state index is -0.108. The van der Waals surface area contributed by atoms with Gasteiger partial charge in [0.25, 0.3) is 5.91 Å². The van der Waals surface area contributed by atoms with E-state index in [1.807, 2.05) is 41.3 Å². The summed E-state index contributed by atoms with van der Waals surface area (Å²) in [5.41, 5.74) is 1.56. The molecule has 2 aromatic rings. The number of amides is 1. The summed E-state index contributed by atoms with van der Waals surface area (Å²) in [7, 11) is 4.83. The van der Waals surface area contributed by atoms with Gasteiger partial charge in [0, 0.05) is 23.4 Å². The highest BCUT2D eigenvalue weighted by atomic mass is 32.2. The van der Waals surface area contributed by atoms with Crippen LogP contribution in [-0.2, 0) is 0 Å². The first-order valence-corrected chi connectivity index (χ1v) is 9.02. The Balaban J connectivity index is 1.94. The van der Waals surface area contributed by atoms with Crippen molar-refractivity contribution in [2.24, 2.45) is 0 Å². The van der Waals surface area contributed by atoms with E-state index in [-0.39, 0.29) is 11.3 Å². The zero-order chi connectivity index (χ0) is 17.8. The van der Waals surface area contributed by atoms with Crippen molar-refractivity contribution in [3.63, 3.8) is 0 Å². The summed E-state index contributed by atoms with van der Waals surface area (Å²) >= 11 is 1.72. The summed E-state index contributed by atoms with van der Waals surface area (Å²) in [5.74, 6) is 2.88. The Labute approximate surface area is 151 Å². The Hall–Kier alpha value is -2.34. The quantitative estimate of drug-likeness (QED) is 0.816. The Bertz CT molecular complexity index is 765. The molecule has 1 atom stereocenters. The van der Waals surface area contributed by atoms with Crippen molar-refractivity contribution in [1.82, 2.24) is 4.90 Å². The molecule has 1 fully saturated rings. The molecule has 25 heavy (non-hydrogen) atoms. The van der Waals surface area contributed by atoms with Crippen molar-refractivity contribution in [2.45, 2.75) is 5.37 Å². The van der Waals surface area contributed by atoms with Crippen LogP contribution in [0.1, 0.15) is 21.3 Å². The number of rotatable bonds is 5. The minimum Gasteiger partial charge on any atom is -0.497 e. The van der Waals surface area contributed by atoms with Crippen molar-refractivity contribution in [3.8, 4) is 17.2 Å². The van der Waals surface area contributed by atoms with Crippen LogP contribution in [0, 0.1) is 0 Å². The van der Waals surface area contributed by atoms with Gasteiger partial charge in [0.1, 0.15) is 11.1 Å². The topological polar surface area (TPSA) is 48.0 Å². The molecule has 1 heterocycles. The minimum absolute atomic E-state index is 0.0150. The van der Waals surface area contributed by atoms with E-state index in [4.69, 9.17) is 14.2 Å². The van der Waals surface area contributed by atoms with Gasteiger partial charge < -0.3 is 19.1 Å². The van der Waals surface area contributed by atoms with E-state index in [9.17, 15) is 4.79 Å². The molecule has 0 unspecified atom stereocenters. The first kappa shape index (κ1) is 17.5. The molecule has 0 aromatic heterocycles. The number of hydrogen-bond donors (Lipinski definition) is 0. The number of hydrogen-bond acceptors (Lipinski definition) is 5. The smallest absolute Gasteiger partial charge is 0.255 e. The van der Waals surface area contributed by atoms with Crippen LogP contribution in [0.2, 0.25) is 0 Å². The molecule has 0 bridgehead atoms. The van der Waals surface area contributed by atoms with Gasteiger partial charge in [-0.2, -0.15) is 0 Å². The molecule has 0 N–H and O–H groups in total. The second-order valence-corrected chi connectivity index (χ2v) is 6.72. The van der Waals surface area contributed by atoms with Crippen molar-refractivity contribution >= 4 is 17.7 Å². The molecule has 3 rings (SSSR count). The fraction of sp³-hybridized carbons (Fsp3) is 0.316. The van der Waals surface area contributed by atoms with Crippen molar-refractivity contribution < 1.29 is 19.0 Å². The first-order chi connectivity index (χ1) is 12.2. The van der Waals surface area contributed by atoms with Crippen LogP contribution in [-0.4, -0.2) is 44.4 Å². The van der Waals surface area contributed by atoms with Crippen LogP contribution in [0.4, 0.5) is 0 Å². The monoisotopic (exact) mass is 359 g/mol. The summed E-state index contributed by atoms with van der Waals surface area (Å²) in [5, 5.41) is -0.108. The third kappa shape index (κ3) is 3.39. The number of benzene rings is 2. The fourth-order valence-corrected chi connectivity index (χ4v) is 4.24. The molecule has 0 aliphatic carbocycles. The average molecular weight is 359 g/mol. The molecular formula is C19H21NO4S. The molecule has 1 amide bonds. The van der Waals surface area contributed by atoms with Gasteiger partial charge in [-0.15, -0.1) is 11.8 Å². The second-order valence-electron chi connectivity index (χ2n) is 5.54. The van der Waals surface area contributed by atoms with Gasteiger partial charge in [-0.25, -0.2) is 0 Å². The molecule has 1 aliphatic rings. The Morgan fingerprint density at radius 3 is 2.60 bits per heavy atom. The van der Waals surface area contributed by atoms with Gasteiger partial charge in [-0.3, -0.25) is 4.79 Å². The first-order valence-electron chi connectivity index (χ1n) is 7.97. The Morgan fingerprint density at radius 2 is 1.88 bits per heavy atom. The van der Waals surface area contributed by atoms with E-state index in [0.29, 0.717) is 29.4 Å². The third-order valence-corrected chi connectivity index (χ3v) is 5.41. The second kappa shape index (κ2) is 7.70. The molecule has 1 aliphatic heterocycles. The van der Waals surface area contributed by atoms with E-state index in [1.54, 1.807) is 39.2 Å². The van der Waals surface area contributed by atoms with Gasteiger partial charge in [0.15, 0.2) is 11.5 Å². The van der Waals surface area contributed by atoms with Crippen molar-refractivity contribution in [3.05, 3.63) is 53.6 Å². The predicted molar refractivity (Wildman–Crippen MR) is 98.8 cm³/mol. The summed E-state index contributed by atoms with van der Waals surface area (Å²) < 4.78 is 16.2. The molecule has 6 heteroatoms. The standard InChI is InChI=1S/C19H21NO4S/c1-22-14-7-4-6-13(12-14)18(21)20-10-11-25-19(20)15-8-5-9-16(23-2)17(15)24-3/h4-9,12,19H,10-11H2,1-3H3/t19-/m1/s1. The number of para-hydroxylation sites is 1. The third-order valence-electron chi connectivity index (χ3n) is 4.17. The Morgan fingerprint density at radius 1 is 1.08 bits per heavy atom. The maximum Gasteiger partial charge on any atom is 0.255 e. The number of nitrogens with zero attached hydrogens (tertiary/aromatic N) is 1. The molecule has 5 nitrogen and oxygen atoms in total. The highest BCUT2D eigenvalue weighted by molar-refractivity contribution is 7.99. The summed E-state index contributed by atoms with van der Waals surface area (Å²) in [6.07, 6.45) is 0. The number of ether oxygens (including phenoxy) is 3. The predicted octanol–water partition coefficient (Wildman–Crippen LogP) is 3.60. The van der Waals surface area contributed by atoms with Crippen LogP contribution in [0.3, 0.4) is 0 Å². The maximum atomic E-state index is 13.0. The molecule has 0 saturated carbocycles.